The van der Waals surface area contributed by atoms with Crippen LogP contribution in [0.5, 0.6) is 5.75 Å². The number of aryl methyl sites for hydroxylation is 1. The molecule has 1 atom stereocenters. The summed E-state index contributed by atoms with van der Waals surface area (Å²) in [5, 5.41) is 0. The predicted octanol–water partition coefficient (Wildman–Crippen LogP) is 4.42. The number of halogens is 2. The minimum atomic E-state index is -2.79. The molecular formula is C19H18F2N2O3. The van der Waals surface area contributed by atoms with Crippen LogP contribution >= 0.6 is 0 Å². The number of imidazole rings is 1. The van der Waals surface area contributed by atoms with E-state index in [0.29, 0.717) is 11.3 Å². The van der Waals surface area contributed by atoms with Crippen molar-refractivity contribution in [3.63, 3.8) is 0 Å². The Bertz CT molecular complexity index is 907. The summed E-state index contributed by atoms with van der Waals surface area (Å²) in [7, 11) is 0. The Morgan fingerprint density at radius 1 is 1.15 bits per heavy atom. The summed E-state index contributed by atoms with van der Waals surface area (Å²) < 4.78 is 38.2. The highest BCUT2D eigenvalue weighted by Gasteiger charge is 2.24. The average molecular weight is 360 g/mol. The van der Waals surface area contributed by atoms with Gasteiger partial charge in [-0.3, -0.25) is 4.57 Å². The van der Waals surface area contributed by atoms with Crippen molar-refractivity contribution in [2.45, 2.75) is 26.5 Å². The fourth-order valence-electron chi connectivity index (χ4n) is 2.62. The Balaban J connectivity index is 1.70. The van der Waals surface area contributed by atoms with Crippen LogP contribution < -0.4 is 4.74 Å². The van der Waals surface area contributed by atoms with E-state index in [2.05, 4.69) is 4.98 Å². The molecule has 2 aromatic carbocycles. The average Bonchev–Trinajstić information content (AvgIpc) is 3.01. The first kappa shape index (κ1) is 17.8. The molecule has 0 aliphatic heterocycles. The second kappa shape index (κ2) is 7.51. The van der Waals surface area contributed by atoms with E-state index in [1.165, 1.54) is 6.92 Å². The number of fused-ring (bicyclic) bond motifs is 1. The first-order chi connectivity index (χ1) is 12.5. The summed E-state index contributed by atoms with van der Waals surface area (Å²) in [5.74, 6) is -0.143. The topological polar surface area (TPSA) is 53.4 Å². The molecule has 7 heteroatoms. The first-order valence-corrected chi connectivity index (χ1v) is 8.09. The van der Waals surface area contributed by atoms with Gasteiger partial charge in [0, 0.05) is 0 Å². The number of ether oxygens (including phenoxy) is 2. The van der Waals surface area contributed by atoms with Gasteiger partial charge in [0.25, 0.3) is 0 Å². The van der Waals surface area contributed by atoms with Gasteiger partial charge in [-0.2, -0.15) is 8.78 Å². The van der Waals surface area contributed by atoms with Crippen molar-refractivity contribution >= 4 is 17.0 Å². The fourth-order valence-corrected chi connectivity index (χ4v) is 2.62. The molecule has 0 radical (unpaired) electrons. The highest BCUT2D eigenvalue weighted by molar-refractivity contribution is 5.76. The van der Waals surface area contributed by atoms with Gasteiger partial charge in [-0.25, -0.2) is 9.78 Å². The molecule has 0 saturated carbocycles. The lowest BCUT2D eigenvalue weighted by molar-refractivity contribution is -0.151. The number of aromatic nitrogens is 2. The maximum absolute atomic E-state index is 13.4. The van der Waals surface area contributed by atoms with Gasteiger partial charge in [0.15, 0.2) is 18.5 Å². The number of esters is 1. The Morgan fingerprint density at radius 2 is 1.85 bits per heavy atom. The van der Waals surface area contributed by atoms with Crippen LogP contribution in [0, 0.1) is 6.92 Å². The lowest BCUT2D eigenvalue weighted by Crippen LogP contribution is -2.19. The van der Waals surface area contributed by atoms with Crippen LogP contribution in [0.25, 0.3) is 11.0 Å². The Morgan fingerprint density at radius 3 is 2.54 bits per heavy atom. The van der Waals surface area contributed by atoms with Gasteiger partial charge < -0.3 is 9.47 Å². The van der Waals surface area contributed by atoms with Gasteiger partial charge in [0.05, 0.1) is 11.0 Å². The third-order valence-electron chi connectivity index (χ3n) is 3.87. The Labute approximate surface area is 149 Å². The van der Waals surface area contributed by atoms with Crippen molar-refractivity contribution in [3.05, 3.63) is 59.9 Å². The molecule has 1 heterocycles. The molecule has 26 heavy (non-hydrogen) atoms. The highest BCUT2D eigenvalue weighted by Crippen LogP contribution is 2.28. The van der Waals surface area contributed by atoms with Crippen molar-refractivity contribution in [3.8, 4) is 5.75 Å². The molecule has 0 N–H and O–H groups in total. The van der Waals surface area contributed by atoms with Crippen molar-refractivity contribution in [2.24, 2.45) is 0 Å². The molecule has 136 valence electrons. The van der Waals surface area contributed by atoms with Crippen molar-refractivity contribution in [1.29, 1.82) is 0 Å². The van der Waals surface area contributed by atoms with E-state index in [4.69, 9.17) is 9.47 Å². The zero-order valence-corrected chi connectivity index (χ0v) is 14.4. The predicted molar refractivity (Wildman–Crippen MR) is 92.2 cm³/mol. The highest BCUT2D eigenvalue weighted by atomic mass is 19.3. The van der Waals surface area contributed by atoms with Gasteiger partial charge >= 0.3 is 12.5 Å². The SMILES string of the molecule is Cc1ccc(OCC(=O)OC(C)c2nc3ccccc3n2C(F)F)cc1. The van der Waals surface area contributed by atoms with Crippen LogP contribution in [-0.4, -0.2) is 22.1 Å². The molecule has 0 aliphatic carbocycles. The third kappa shape index (κ3) is 3.82. The Kier molecular flexibility index (Phi) is 5.16. The zero-order valence-electron chi connectivity index (χ0n) is 14.4. The number of alkyl halides is 2. The third-order valence-corrected chi connectivity index (χ3v) is 3.87. The first-order valence-electron chi connectivity index (χ1n) is 8.09. The van der Waals surface area contributed by atoms with Crippen LogP contribution in [0.1, 0.15) is 31.0 Å². The molecule has 0 bridgehead atoms. The standard InChI is InChI=1S/C19H18F2N2O3/c1-12-7-9-14(10-8-12)25-11-17(24)26-13(2)18-22-15-5-3-4-6-16(15)23(18)19(20)21/h3-10,13,19H,11H2,1-2H3. The summed E-state index contributed by atoms with van der Waals surface area (Å²) in [6.45, 7) is 0.337. The van der Waals surface area contributed by atoms with E-state index in [0.717, 1.165) is 10.1 Å². The summed E-state index contributed by atoms with van der Waals surface area (Å²) >= 11 is 0. The maximum Gasteiger partial charge on any atom is 0.344 e. The van der Waals surface area contributed by atoms with E-state index >= 15 is 0 Å². The minimum Gasteiger partial charge on any atom is -0.482 e. The molecule has 0 amide bonds. The van der Waals surface area contributed by atoms with Crippen molar-refractivity contribution in [2.75, 3.05) is 6.61 Å². The molecule has 1 aromatic heterocycles. The molecule has 0 fully saturated rings. The minimum absolute atomic E-state index is 0.00936. The van der Waals surface area contributed by atoms with Gasteiger partial charge in [0.1, 0.15) is 5.75 Å². The largest absolute Gasteiger partial charge is 0.482 e. The van der Waals surface area contributed by atoms with Crippen molar-refractivity contribution < 1.29 is 23.0 Å². The number of benzene rings is 2. The zero-order chi connectivity index (χ0) is 18.7. The van der Waals surface area contributed by atoms with Crippen molar-refractivity contribution in [1.82, 2.24) is 9.55 Å². The summed E-state index contributed by atoms with van der Waals surface area (Å²) in [6, 6.07) is 13.7. The number of carbonyl (C=O) groups is 1. The van der Waals surface area contributed by atoms with E-state index in [1.807, 2.05) is 19.1 Å². The molecule has 3 rings (SSSR count). The van der Waals surface area contributed by atoms with E-state index in [9.17, 15) is 13.6 Å². The van der Waals surface area contributed by atoms with Crippen LogP contribution in [0.3, 0.4) is 0 Å². The second-order valence-corrected chi connectivity index (χ2v) is 5.84. The molecule has 1 unspecified atom stereocenters. The maximum atomic E-state index is 13.4. The van der Waals surface area contributed by atoms with Gasteiger partial charge in [-0.1, -0.05) is 29.8 Å². The summed E-state index contributed by atoms with van der Waals surface area (Å²) in [4.78, 5) is 16.2. The van der Waals surface area contributed by atoms with Gasteiger partial charge in [-0.05, 0) is 38.1 Å². The molecule has 3 aromatic rings. The number of nitrogens with zero attached hydrogens (tertiary/aromatic N) is 2. The van der Waals surface area contributed by atoms with E-state index in [-0.39, 0.29) is 17.9 Å². The fraction of sp³-hybridized carbons (Fsp3) is 0.263. The molecule has 5 nitrogen and oxygen atoms in total. The lowest BCUT2D eigenvalue weighted by Gasteiger charge is -2.15. The number of hydrogen-bond acceptors (Lipinski definition) is 4. The van der Waals surface area contributed by atoms with E-state index < -0.39 is 18.6 Å². The molecule has 0 spiro atoms. The van der Waals surface area contributed by atoms with Gasteiger partial charge in [-0.15, -0.1) is 0 Å². The van der Waals surface area contributed by atoms with Crippen LogP contribution in [0.4, 0.5) is 8.78 Å². The van der Waals surface area contributed by atoms with Crippen LogP contribution in [-0.2, 0) is 9.53 Å². The van der Waals surface area contributed by atoms with Crippen LogP contribution in [0.15, 0.2) is 48.5 Å². The molecular weight excluding hydrogens is 342 g/mol. The number of rotatable bonds is 6. The molecule has 0 aliphatic rings. The number of para-hydroxylation sites is 2. The smallest absolute Gasteiger partial charge is 0.344 e. The lowest BCUT2D eigenvalue weighted by atomic mass is 10.2. The van der Waals surface area contributed by atoms with Gasteiger partial charge in [0.2, 0.25) is 0 Å². The normalized spacial score (nSPS) is 12.3. The van der Waals surface area contributed by atoms with E-state index in [1.54, 1.807) is 36.4 Å². The van der Waals surface area contributed by atoms with Crippen LogP contribution in [0.2, 0.25) is 0 Å². The second-order valence-electron chi connectivity index (χ2n) is 5.84. The monoisotopic (exact) mass is 360 g/mol. The summed E-state index contributed by atoms with van der Waals surface area (Å²) in [5.41, 5.74) is 1.78. The quantitative estimate of drug-likeness (QED) is 0.611. The number of carbonyl (C=O) groups excluding carboxylic acids is 1. The summed E-state index contributed by atoms with van der Waals surface area (Å²) in [6.07, 6.45) is -0.939. The molecule has 0 saturated heterocycles. The Hall–Kier alpha value is -2.96. The number of hydrogen-bond donors (Lipinski definition) is 0.